The van der Waals surface area contributed by atoms with Crippen LogP contribution in [-0.4, -0.2) is 5.11 Å². The van der Waals surface area contributed by atoms with E-state index in [1.807, 2.05) is 54.6 Å². The Labute approximate surface area is 284 Å². The van der Waals surface area contributed by atoms with Gasteiger partial charge in [-0.25, -0.2) is 0 Å². The summed E-state index contributed by atoms with van der Waals surface area (Å²) in [6, 6.07) is 40.3. The van der Waals surface area contributed by atoms with E-state index in [1.54, 1.807) is 12.1 Å². The molecule has 3 aliphatic rings. The Morgan fingerprint density at radius 2 is 0.894 bits per heavy atom. The van der Waals surface area contributed by atoms with Crippen LogP contribution in [0.15, 0.2) is 128 Å². The lowest BCUT2D eigenvalue weighted by Gasteiger charge is -2.03. The van der Waals surface area contributed by atoms with Crippen molar-refractivity contribution in [2.45, 2.75) is 0 Å². The third kappa shape index (κ3) is 6.12. The van der Waals surface area contributed by atoms with E-state index in [2.05, 4.69) is 104 Å². The summed E-state index contributed by atoms with van der Waals surface area (Å²) in [4.78, 5) is 0. The van der Waals surface area contributed by atoms with Crippen molar-refractivity contribution in [1.82, 2.24) is 0 Å². The first-order chi connectivity index (χ1) is 23.0. The molecule has 0 radical (unpaired) electrons. The number of phenols is 1. The van der Waals surface area contributed by atoms with Crippen molar-refractivity contribution >= 4 is 98.1 Å². The maximum absolute atomic E-state index is 9.62. The van der Waals surface area contributed by atoms with Gasteiger partial charge in [0.15, 0.2) is 0 Å². The summed E-state index contributed by atoms with van der Waals surface area (Å²) in [6.45, 7) is 3.62. The molecule has 1 nitrogen and oxygen atoms in total. The second-order valence-corrected chi connectivity index (χ2v) is 12.2. The van der Waals surface area contributed by atoms with E-state index in [0.29, 0.717) is 5.75 Å². The first-order valence-electron chi connectivity index (χ1n) is 15.4. The van der Waals surface area contributed by atoms with Crippen molar-refractivity contribution < 1.29 is 5.11 Å². The summed E-state index contributed by atoms with van der Waals surface area (Å²) in [7, 11) is 0. The summed E-state index contributed by atoms with van der Waals surface area (Å²) in [5, 5.41) is 18.5. The van der Waals surface area contributed by atoms with Crippen LogP contribution < -0.4 is 0 Å². The number of benzene rings is 7. The lowest BCUT2D eigenvalue weighted by molar-refractivity contribution is 0.481. The highest BCUT2D eigenvalue weighted by Crippen LogP contribution is 2.36. The van der Waals surface area contributed by atoms with Crippen LogP contribution in [-0.2, 0) is 0 Å². The number of phenolic OH excluding ortho intramolecular Hbond substituents is 1. The highest BCUT2D eigenvalue weighted by atomic mass is 35.5. The summed E-state index contributed by atoms with van der Waals surface area (Å²) >= 11 is 11.7. The van der Waals surface area contributed by atoms with Gasteiger partial charge in [-0.15, -0.1) is 0 Å². The van der Waals surface area contributed by atoms with Gasteiger partial charge >= 0.3 is 0 Å². The Bertz CT molecular complexity index is 2230. The van der Waals surface area contributed by atoms with Crippen molar-refractivity contribution in [3.63, 3.8) is 0 Å². The van der Waals surface area contributed by atoms with E-state index >= 15 is 0 Å². The first-order valence-corrected chi connectivity index (χ1v) is 16.2. The largest absolute Gasteiger partial charge is 0.507 e. The topological polar surface area (TPSA) is 20.2 Å². The molecule has 226 valence electrons. The highest BCUT2D eigenvalue weighted by Gasteiger charge is 2.11. The van der Waals surface area contributed by atoms with Crippen LogP contribution in [0.4, 0.5) is 0 Å². The molecular formula is C44H30Cl2O. The monoisotopic (exact) mass is 644 g/mol. The van der Waals surface area contributed by atoms with Gasteiger partial charge in [0.2, 0.25) is 0 Å². The van der Waals surface area contributed by atoms with Gasteiger partial charge in [0, 0.05) is 20.8 Å². The average Bonchev–Trinajstić information content (AvgIpc) is 3.86. The summed E-state index contributed by atoms with van der Waals surface area (Å²) < 4.78 is 0. The highest BCUT2D eigenvalue weighted by molar-refractivity contribution is 6.36. The van der Waals surface area contributed by atoms with Crippen LogP contribution in [0.5, 0.6) is 5.75 Å². The molecule has 3 aliphatic carbocycles. The lowest BCUT2D eigenvalue weighted by atomic mass is 10.0. The van der Waals surface area contributed by atoms with Gasteiger partial charge in [0.05, 0.1) is 0 Å². The third-order valence-corrected chi connectivity index (χ3v) is 9.12. The van der Waals surface area contributed by atoms with Crippen LogP contribution in [0.3, 0.4) is 0 Å². The summed E-state index contributed by atoms with van der Waals surface area (Å²) in [5.74, 6) is 0.365. The Hall–Kier alpha value is -5.34. The third-order valence-electron chi connectivity index (χ3n) is 8.54. The van der Waals surface area contributed by atoms with E-state index in [1.165, 1.54) is 54.9 Å². The molecule has 10 rings (SSSR count). The van der Waals surface area contributed by atoms with Crippen molar-refractivity contribution in [1.29, 1.82) is 0 Å². The van der Waals surface area contributed by atoms with Crippen LogP contribution >= 0.6 is 23.2 Å². The molecule has 0 bridgehead atoms. The maximum atomic E-state index is 9.62. The van der Waals surface area contributed by atoms with E-state index in [9.17, 15) is 5.11 Å². The van der Waals surface area contributed by atoms with Crippen LogP contribution in [0.1, 0.15) is 38.9 Å². The Morgan fingerprint density at radius 1 is 0.447 bits per heavy atom. The Balaban J connectivity index is 0.000000101. The second kappa shape index (κ2) is 13.2. The van der Waals surface area contributed by atoms with Crippen LogP contribution in [0.25, 0.3) is 74.8 Å². The number of aromatic hydroxyl groups is 1. The Morgan fingerprint density at radius 3 is 1.45 bits per heavy atom. The molecule has 7 aromatic carbocycles. The Kier molecular flexibility index (Phi) is 8.50. The zero-order chi connectivity index (χ0) is 32.3. The van der Waals surface area contributed by atoms with Crippen molar-refractivity contribution in [2.75, 3.05) is 0 Å². The number of hydrogen-bond donors (Lipinski definition) is 1. The van der Waals surface area contributed by atoms with Crippen molar-refractivity contribution in [3.8, 4) is 5.75 Å². The summed E-state index contributed by atoms with van der Waals surface area (Å²) in [5.41, 5.74) is 8.74. The van der Waals surface area contributed by atoms with Gasteiger partial charge in [0.1, 0.15) is 5.75 Å². The van der Waals surface area contributed by atoms with Gasteiger partial charge in [-0.1, -0.05) is 169 Å². The lowest BCUT2D eigenvalue weighted by Crippen LogP contribution is -1.78. The quantitative estimate of drug-likeness (QED) is 0.188. The standard InChI is InChI=1S/C12H7Cl.C12H8O.C12H8.C8H7Cl/c2*13-11-7-6-9-5-4-8-2-1-3-10(11)12(8)9;1-3-9-4-2-6-11-8-7-10(5-1)12(9)11;1-2-7-3-5-8(9)6-4-7/h1-7H;1-7,13H;1-8H;2-6H,1H2. The predicted octanol–water partition coefficient (Wildman–Crippen LogP) is 13.3. The molecule has 7 aromatic rings. The molecule has 0 atom stereocenters. The van der Waals surface area contributed by atoms with E-state index in [4.69, 9.17) is 23.2 Å². The SMILES string of the molecule is C1=Cc2cccc3cccc1c23.C=Cc1ccc(Cl)cc1.Clc1ccc2c3c(cccc13)C=C2.Oc1ccc2c3c(cccc13)C=C2. The molecule has 47 heavy (non-hydrogen) atoms. The molecule has 0 unspecified atom stereocenters. The number of halogens is 2. The molecule has 1 N–H and O–H groups in total. The van der Waals surface area contributed by atoms with Gasteiger partial charge < -0.3 is 5.11 Å². The molecule has 0 spiro atoms. The van der Waals surface area contributed by atoms with Crippen molar-refractivity contribution in [2.24, 2.45) is 0 Å². The molecular weight excluding hydrogens is 615 g/mol. The predicted molar refractivity (Wildman–Crippen MR) is 207 cm³/mol. The number of hydrogen-bond acceptors (Lipinski definition) is 1. The fourth-order valence-electron chi connectivity index (χ4n) is 6.25. The minimum absolute atomic E-state index is 0.365. The molecule has 0 heterocycles. The zero-order valence-corrected chi connectivity index (χ0v) is 27.0. The number of rotatable bonds is 1. The minimum atomic E-state index is 0.365. The van der Waals surface area contributed by atoms with E-state index in [-0.39, 0.29) is 0 Å². The molecule has 0 aromatic heterocycles. The normalized spacial score (nSPS) is 12.0. The zero-order valence-electron chi connectivity index (χ0n) is 25.5. The van der Waals surface area contributed by atoms with Crippen LogP contribution in [0.2, 0.25) is 10.0 Å². The van der Waals surface area contributed by atoms with Gasteiger partial charge in [-0.05, 0) is 84.8 Å². The molecule has 0 fully saturated rings. The van der Waals surface area contributed by atoms with E-state index in [0.717, 1.165) is 26.4 Å². The van der Waals surface area contributed by atoms with Crippen molar-refractivity contribution in [3.05, 3.63) is 177 Å². The molecule has 3 heteroatoms. The first kappa shape index (κ1) is 30.3. The average molecular weight is 646 g/mol. The van der Waals surface area contributed by atoms with Gasteiger partial charge in [-0.2, -0.15) is 0 Å². The molecule has 0 saturated carbocycles. The van der Waals surface area contributed by atoms with Gasteiger partial charge in [0.25, 0.3) is 0 Å². The van der Waals surface area contributed by atoms with Gasteiger partial charge in [-0.3, -0.25) is 0 Å². The molecule has 0 aliphatic heterocycles. The minimum Gasteiger partial charge on any atom is -0.507 e. The fraction of sp³-hybridized carbons (Fsp3) is 0. The maximum Gasteiger partial charge on any atom is 0.123 e. The smallest absolute Gasteiger partial charge is 0.123 e. The second-order valence-electron chi connectivity index (χ2n) is 11.4. The van der Waals surface area contributed by atoms with E-state index < -0.39 is 0 Å². The summed E-state index contributed by atoms with van der Waals surface area (Å²) in [6.07, 6.45) is 14.6. The molecule has 0 saturated heterocycles. The fourth-order valence-corrected chi connectivity index (χ4v) is 6.59. The van der Waals surface area contributed by atoms with Crippen LogP contribution in [0, 0.1) is 0 Å². The molecule has 0 amide bonds.